The van der Waals surface area contributed by atoms with Crippen molar-refractivity contribution in [3.63, 3.8) is 0 Å². The van der Waals surface area contributed by atoms with Crippen molar-refractivity contribution in [1.82, 2.24) is 5.43 Å². The van der Waals surface area contributed by atoms with E-state index in [-0.39, 0.29) is 5.76 Å². The second kappa shape index (κ2) is 6.39. The second-order valence-corrected chi connectivity index (χ2v) is 6.81. The lowest BCUT2D eigenvalue weighted by Gasteiger charge is -1.95. The van der Waals surface area contributed by atoms with Crippen molar-refractivity contribution in [1.29, 1.82) is 0 Å². The quantitative estimate of drug-likeness (QED) is 0.411. The fourth-order valence-electron chi connectivity index (χ4n) is 1.79. The first kappa shape index (κ1) is 15.5. The molecule has 1 amide bonds. The van der Waals surface area contributed by atoms with E-state index in [1.807, 2.05) is 12.1 Å². The van der Waals surface area contributed by atoms with Gasteiger partial charge in [0.1, 0.15) is 11.3 Å². The van der Waals surface area contributed by atoms with Crippen molar-refractivity contribution in [2.75, 3.05) is 0 Å². The molecule has 0 saturated heterocycles. The largest absolute Gasteiger partial charge is 0.450 e. The second-order valence-electron chi connectivity index (χ2n) is 4.26. The monoisotopic (exact) mass is 488 g/mol. The summed E-state index contributed by atoms with van der Waals surface area (Å²) in [6, 6.07) is 8.82. The van der Waals surface area contributed by atoms with Gasteiger partial charge in [-0.1, -0.05) is 15.9 Å². The third-order valence-corrected chi connectivity index (χ3v) is 4.18. The minimum atomic E-state index is -0.443. The fourth-order valence-corrected chi connectivity index (χ4v) is 3.45. The van der Waals surface area contributed by atoms with Crippen LogP contribution in [0.3, 0.4) is 0 Å². The molecular formula is C14H7Br3N2O3. The highest BCUT2D eigenvalue weighted by atomic mass is 79.9. The molecule has 22 heavy (non-hydrogen) atoms. The first-order chi connectivity index (χ1) is 10.5. The van der Waals surface area contributed by atoms with Gasteiger partial charge in [0.2, 0.25) is 0 Å². The molecule has 1 aromatic carbocycles. The first-order valence-corrected chi connectivity index (χ1v) is 8.38. The minimum absolute atomic E-state index is 0.173. The number of nitrogens with zero attached hydrogens (tertiary/aromatic N) is 1. The summed E-state index contributed by atoms with van der Waals surface area (Å²) < 4.78 is 13.0. The highest BCUT2D eigenvalue weighted by Gasteiger charge is 2.14. The number of fused-ring (bicyclic) bond motifs is 1. The summed E-state index contributed by atoms with van der Waals surface area (Å²) in [5.74, 6) is 0.246. The van der Waals surface area contributed by atoms with Crippen LogP contribution in [0.4, 0.5) is 0 Å². The van der Waals surface area contributed by atoms with Crippen molar-refractivity contribution in [2.24, 2.45) is 5.10 Å². The zero-order chi connectivity index (χ0) is 15.7. The van der Waals surface area contributed by atoms with Crippen molar-refractivity contribution >= 4 is 70.9 Å². The van der Waals surface area contributed by atoms with Crippen molar-refractivity contribution in [3.8, 4) is 0 Å². The molecule has 0 bridgehead atoms. The predicted molar refractivity (Wildman–Crippen MR) is 93.1 cm³/mol. The molecule has 0 aliphatic heterocycles. The highest BCUT2D eigenvalue weighted by molar-refractivity contribution is 9.11. The number of carbonyl (C=O) groups excluding carboxylic acids is 1. The number of hydrazone groups is 1. The van der Waals surface area contributed by atoms with Gasteiger partial charge in [-0.25, -0.2) is 5.43 Å². The van der Waals surface area contributed by atoms with Crippen LogP contribution in [0.2, 0.25) is 0 Å². The average molecular weight is 491 g/mol. The van der Waals surface area contributed by atoms with E-state index in [1.54, 1.807) is 18.2 Å². The zero-order valence-corrected chi connectivity index (χ0v) is 15.5. The Bertz CT molecular complexity index is 883. The molecule has 3 aromatic rings. The van der Waals surface area contributed by atoms with E-state index < -0.39 is 5.91 Å². The number of rotatable bonds is 3. The molecule has 0 atom stereocenters. The number of nitrogens with one attached hydrogen (secondary N) is 1. The van der Waals surface area contributed by atoms with Gasteiger partial charge in [-0.3, -0.25) is 4.79 Å². The van der Waals surface area contributed by atoms with Gasteiger partial charge in [0, 0.05) is 9.86 Å². The van der Waals surface area contributed by atoms with Crippen molar-refractivity contribution in [2.45, 2.75) is 0 Å². The molecule has 0 aliphatic rings. The molecule has 112 valence electrons. The fraction of sp³-hybridized carbons (Fsp3) is 0. The maximum absolute atomic E-state index is 12.0. The van der Waals surface area contributed by atoms with E-state index in [1.165, 1.54) is 6.21 Å². The summed E-state index contributed by atoms with van der Waals surface area (Å²) >= 11 is 9.97. The number of furan rings is 2. The summed E-state index contributed by atoms with van der Waals surface area (Å²) in [7, 11) is 0. The van der Waals surface area contributed by atoms with Gasteiger partial charge in [0.15, 0.2) is 10.4 Å². The summed E-state index contributed by atoms with van der Waals surface area (Å²) in [5, 5.41) is 4.63. The summed E-state index contributed by atoms with van der Waals surface area (Å²) in [6.07, 6.45) is 1.40. The number of hydrogen-bond acceptors (Lipinski definition) is 4. The van der Waals surface area contributed by atoms with Crippen LogP contribution >= 0.6 is 47.8 Å². The molecule has 2 heterocycles. The molecule has 3 rings (SSSR count). The van der Waals surface area contributed by atoms with E-state index in [4.69, 9.17) is 8.83 Å². The number of benzene rings is 1. The third kappa shape index (κ3) is 3.34. The molecular weight excluding hydrogens is 484 g/mol. The Hall–Kier alpha value is -1.38. The first-order valence-electron chi connectivity index (χ1n) is 6.00. The minimum Gasteiger partial charge on any atom is -0.450 e. The van der Waals surface area contributed by atoms with Gasteiger partial charge < -0.3 is 8.83 Å². The van der Waals surface area contributed by atoms with E-state index in [2.05, 4.69) is 58.3 Å². The Labute approximate surface area is 150 Å². The molecule has 2 aromatic heterocycles. The van der Waals surface area contributed by atoms with Crippen molar-refractivity contribution in [3.05, 3.63) is 55.5 Å². The summed E-state index contributed by atoms with van der Waals surface area (Å²) in [5.41, 5.74) is 2.99. The molecule has 0 radical (unpaired) electrons. The van der Waals surface area contributed by atoms with Crippen LogP contribution in [0, 0.1) is 0 Å². The lowest BCUT2D eigenvalue weighted by Crippen LogP contribution is -2.16. The molecule has 1 N–H and O–H groups in total. The highest BCUT2D eigenvalue weighted by Crippen LogP contribution is 2.30. The van der Waals surface area contributed by atoms with Gasteiger partial charge in [-0.15, -0.1) is 0 Å². The number of carbonyl (C=O) groups is 1. The topological polar surface area (TPSA) is 67.7 Å². The number of hydrogen-bond donors (Lipinski definition) is 1. The lowest BCUT2D eigenvalue weighted by atomic mass is 10.2. The lowest BCUT2D eigenvalue weighted by molar-refractivity contribution is 0.0929. The Morgan fingerprint density at radius 3 is 2.68 bits per heavy atom. The zero-order valence-electron chi connectivity index (χ0n) is 10.8. The maximum Gasteiger partial charge on any atom is 0.307 e. The van der Waals surface area contributed by atoms with Crippen LogP contribution in [0.5, 0.6) is 0 Å². The van der Waals surface area contributed by atoms with Gasteiger partial charge in [0.05, 0.1) is 10.7 Å². The smallest absolute Gasteiger partial charge is 0.307 e. The molecule has 5 nitrogen and oxygen atoms in total. The third-order valence-electron chi connectivity index (χ3n) is 2.71. The van der Waals surface area contributed by atoms with Crippen LogP contribution in [-0.4, -0.2) is 12.1 Å². The number of halogens is 3. The molecule has 0 aliphatic carbocycles. The Morgan fingerprint density at radius 2 is 1.95 bits per heavy atom. The van der Waals surface area contributed by atoms with E-state index in [9.17, 15) is 4.79 Å². The van der Waals surface area contributed by atoms with Crippen molar-refractivity contribution < 1.29 is 13.6 Å². The standard InChI is InChI=1S/C14H7Br3N2O3/c15-8-3-7-4-11(22-13(7)10(16)5-8)14(20)19-18-6-9-1-2-12(17)21-9/h1-6H,(H,19,20)/b18-6-. The van der Waals surface area contributed by atoms with E-state index >= 15 is 0 Å². The Kier molecular flexibility index (Phi) is 4.51. The van der Waals surface area contributed by atoms with Gasteiger partial charge >= 0.3 is 5.91 Å². The van der Waals surface area contributed by atoms with E-state index in [0.717, 1.165) is 14.3 Å². The summed E-state index contributed by atoms with van der Waals surface area (Å²) in [6.45, 7) is 0. The predicted octanol–water partition coefficient (Wildman–Crippen LogP) is 5.08. The Morgan fingerprint density at radius 1 is 1.14 bits per heavy atom. The molecule has 0 unspecified atom stereocenters. The number of amides is 1. The average Bonchev–Trinajstić information content (AvgIpc) is 3.05. The molecule has 8 heteroatoms. The van der Waals surface area contributed by atoms with Gasteiger partial charge in [-0.05, 0) is 62.2 Å². The van der Waals surface area contributed by atoms with E-state index in [0.29, 0.717) is 16.0 Å². The van der Waals surface area contributed by atoms with Crippen LogP contribution in [-0.2, 0) is 0 Å². The maximum atomic E-state index is 12.0. The molecule has 0 saturated carbocycles. The molecule has 0 spiro atoms. The summed E-state index contributed by atoms with van der Waals surface area (Å²) in [4.78, 5) is 12.0. The van der Waals surface area contributed by atoms with Gasteiger partial charge in [-0.2, -0.15) is 5.10 Å². The van der Waals surface area contributed by atoms with Crippen LogP contribution in [0.1, 0.15) is 16.3 Å². The normalized spacial score (nSPS) is 11.4. The molecule has 0 fully saturated rings. The van der Waals surface area contributed by atoms with Crippen LogP contribution in [0.25, 0.3) is 11.0 Å². The van der Waals surface area contributed by atoms with Gasteiger partial charge in [0.25, 0.3) is 0 Å². The van der Waals surface area contributed by atoms with Crippen LogP contribution in [0.15, 0.2) is 57.9 Å². The SMILES string of the molecule is O=C(N/N=C\c1ccc(Br)o1)c1cc2cc(Br)cc(Br)c2o1. The Balaban J connectivity index is 1.77. The van der Waals surface area contributed by atoms with Crippen LogP contribution < -0.4 is 5.43 Å².